The molecule has 2 atom stereocenters. The first-order valence-electron chi connectivity index (χ1n) is 7.18. The van der Waals surface area contributed by atoms with E-state index in [2.05, 4.69) is 16.9 Å². The zero-order valence-corrected chi connectivity index (χ0v) is 11.3. The van der Waals surface area contributed by atoms with Crippen molar-refractivity contribution in [3.8, 4) is 0 Å². The van der Waals surface area contributed by atoms with Crippen LogP contribution in [0.3, 0.4) is 0 Å². The molecule has 3 fully saturated rings. The number of esters is 1. The minimum Gasteiger partial charge on any atom is -0.469 e. The Bertz CT molecular complexity index is 306. The largest absolute Gasteiger partial charge is 0.469 e. The van der Waals surface area contributed by atoms with Gasteiger partial charge < -0.3 is 10.5 Å². The topological polar surface area (TPSA) is 52.3 Å². The van der Waals surface area contributed by atoms with Crippen LogP contribution in [-0.4, -0.2) is 19.1 Å². The third kappa shape index (κ3) is 3.35. The van der Waals surface area contributed by atoms with Crippen LogP contribution >= 0.6 is 0 Å². The van der Waals surface area contributed by atoms with E-state index in [0.29, 0.717) is 18.4 Å². The lowest BCUT2D eigenvalue weighted by atomic mass is 9.57. The van der Waals surface area contributed by atoms with E-state index in [-0.39, 0.29) is 5.97 Å². The number of allylic oxidation sites excluding steroid dienone is 2. The molecule has 0 aliphatic heterocycles. The summed E-state index contributed by atoms with van der Waals surface area (Å²) in [6.45, 7) is 0. The number of ether oxygens (including phenoxy) is 1. The highest BCUT2D eigenvalue weighted by molar-refractivity contribution is 5.68. The Hall–Kier alpha value is -0.830. The van der Waals surface area contributed by atoms with Crippen molar-refractivity contribution in [2.24, 2.45) is 23.5 Å². The highest BCUT2D eigenvalue weighted by Crippen LogP contribution is 2.49. The molecule has 2 bridgehead atoms. The van der Waals surface area contributed by atoms with Gasteiger partial charge in [0.15, 0.2) is 0 Å². The molecule has 2 unspecified atom stereocenters. The number of methoxy groups -OCH3 is 1. The van der Waals surface area contributed by atoms with Crippen molar-refractivity contribution in [1.82, 2.24) is 0 Å². The monoisotopic (exact) mass is 251 g/mol. The van der Waals surface area contributed by atoms with Gasteiger partial charge in [-0.25, -0.2) is 0 Å². The van der Waals surface area contributed by atoms with Crippen LogP contribution in [0.25, 0.3) is 0 Å². The Morgan fingerprint density at radius 3 is 2.78 bits per heavy atom. The molecule has 0 saturated heterocycles. The zero-order chi connectivity index (χ0) is 13.0. The first-order chi connectivity index (χ1) is 8.70. The van der Waals surface area contributed by atoms with Crippen LogP contribution in [0.2, 0.25) is 0 Å². The van der Waals surface area contributed by atoms with Gasteiger partial charge in [0.05, 0.1) is 7.11 Å². The molecule has 18 heavy (non-hydrogen) atoms. The maximum Gasteiger partial charge on any atom is 0.305 e. The molecule has 0 heterocycles. The predicted octanol–water partition coefficient (Wildman–Crippen LogP) is 2.65. The summed E-state index contributed by atoms with van der Waals surface area (Å²) < 4.78 is 4.61. The number of fused-ring (bicyclic) bond motifs is 2. The van der Waals surface area contributed by atoms with Crippen molar-refractivity contribution in [2.75, 3.05) is 7.11 Å². The number of unbranched alkanes of at least 4 members (excludes halogenated alkanes) is 1. The molecule has 3 nitrogen and oxygen atoms in total. The Morgan fingerprint density at radius 2 is 2.11 bits per heavy atom. The number of hydrogen-bond acceptors (Lipinski definition) is 3. The van der Waals surface area contributed by atoms with Gasteiger partial charge in [-0.2, -0.15) is 0 Å². The number of carbonyl (C=O) groups is 1. The van der Waals surface area contributed by atoms with E-state index in [1.54, 1.807) is 0 Å². The highest BCUT2D eigenvalue weighted by atomic mass is 16.5. The molecule has 2 N–H and O–H groups in total. The lowest BCUT2D eigenvalue weighted by molar-refractivity contribution is -0.140. The average Bonchev–Trinajstić information content (AvgIpc) is 2.33. The fourth-order valence-corrected chi connectivity index (χ4v) is 3.44. The Balaban J connectivity index is 1.60. The van der Waals surface area contributed by atoms with Gasteiger partial charge in [0, 0.05) is 12.5 Å². The summed E-state index contributed by atoms with van der Waals surface area (Å²) >= 11 is 0. The number of nitrogens with two attached hydrogens (primary N) is 1. The third-order valence-corrected chi connectivity index (χ3v) is 4.59. The normalized spacial score (nSPS) is 34.3. The van der Waals surface area contributed by atoms with Crippen molar-refractivity contribution in [2.45, 2.75) is 51.0 Å². The Morgan fingerprint density at radius 1 is 1.33 bits per heavy atom. The van der Waals surface area contributed by atoms with Crippen LogP contribution in [0, 0.1) is 17.8 Å². The Kier molecular flexibility index (Phi) is 4.81. The minimum atomic E-state index is -0.113. The average molecular weight is 251 g/mol. The quantitative estimate of drug-likeness (QED) is 0.448. The summed E-state index contributed by atoms with van der Waals surface area (Å²) in [6.07, 6.45) is 12.0. The van der Waals surface area contributed by atoms with E-state index < -0.39 is 0 Å². The predicted molar refractivity (Wildman–Crippen MR) is 71.9 cm³/mol. The van der Waals surface area contributed by atoms with Crippen molar-refractivity contribution in [3.63, 3.8) is 0 Å². The second kappa shape index (κ2) is 6.37. The van der Waals surface area contributed by atoms with Gasteiger partial charge in [-0.3, -0.25) is 4.79 Å². The molecular weight excluding hydrogens is 226 g/mol. The summed E-state index contributed by atoms with van der Waals surface area (Å²) in [5.74, 6) is 2.41. The first-order valence-corrected chi connectivity index (χ1v) is 7.18. The molecule has 0 aromatic heterocycles. The van der Waals surface area contributed by atoms with Gasteiger partial charge in [0.2, 0.25) is 0 Å². The maximum atomic E-state index is 10.9. The van der Waals surface area contributed by atoms with Crippen LogP contribution < -0.4 is 5.73 Å². The summed E-state index contributed by atoms with van der Waals surface area (Å²) in [5.41, 5.74) is 6.20. The van der Waals surface area contributed by atoms with E-state index in [4.69, 9.17) is 5.73 Å². The number of hydrogen-bond donors (Lipinski definition) is 1. The van der Waals surface area contributed by atoms with E-state index in [1.165, 1.54) is 26.4 Å². The van der Waals surface area contributed by atoms with Crippen molar-refractivity contribution >= 4 is 5.97 Å². The van der Waals surface area contributed by atoms with Crippen LogP contribution in [0.1, 0.15) is 44.9 Å². The number of rotatable bonds is 6. The Labute approximate surface area is 110 Å². The molecular formula is C15H25NO2. The highest BCUT2D eigenvalue weighted by Gasteiger charge is 2.43. The SMILES string of the molecule is COC(=O)CCC/C=C\CC1C(N)CC2CC1C2. The van der Waals surface area contributed by atoms with Gasteiger partial charge in [-0.05, 0) is 56.3 Å². The molecule has 3 heteroatoms. The van der Waals surface area contributed by atoms with E-state index in [9.17, 15) is 4.79 Å². The van der Waals surface area contributed by atoms with Gasteiger partial charge in [-0.1, -0.05) is 12.2 Å². The first kappa shape index (κ1) is 13.6. The van der Waals surface area contributed by atoms with Crippen molar-refractivity contribution in [1.29, 1.82) is 0 Å². The summed E-state index contributed by atoms with van der Waals surface area (Å²) in [5, 5.41) is 0. The molecule has 0 aromatic carbocycles. The van der Waals surface area contributed by atoms with E-state index in [1.807, 2.05) is 0 Å². The molecule has 0 spiro atoms. The van der Waals surface area contributed by atoms with Crippen LogP contribution in [-0.2, 0) is 9.53 Å². The van der Waals surface area contributed by atoms with Crippen LogP contribution in [0.4, 0.5) is 0 Å². The minimum absolute atomic E-state index is 0.113. The summed E-state index contributed by atoms with van der Waals surface area (Å²) in [7, 11) is 1.44. The molecule has 3 rings (SSSR count). The van der Waals surface area contributed by atoms with Crippen molar-refractivity contribution in [3.05, 3.63) is 12.2 Å². The van der Waals surface area contributed by atoms with Gasteiger partial charge in [0.1, 0.15) is 0 Å². The molecule has 3 aliphatic carbocycles. The number of carbonyl (C=O) groups excluding carboxylic acids is 1. The summed E-state index contributed by atoms with van der Waals surface area (Å²) in [4.78, 5) is 10.9. The second-order valence-corrected chi connectivity index (χ2v) is 5.84. The van der Waals surface area contributed by atoms with E-state index >= 15 is 0 Å². The summed E-state index contributed by atoms with van der Waals surface area (Å²) in [6, 6.07) is 0.419. The van der Waals surface area contributed by atoms with Gasteiger partial charge >= 0.3 is 5.97 Å². The van der Waals surface area contributed by atoms with Crippen LogP contribution in [0.5, 0.6) is 0 Å². The fourth-order valence-electron chi connectivity index (χ4n) is 3.44. The molecule has 102 valence electrons. The lowest BCUT2D eigenvalue weighted by Crippen LogP contribution is -2.48. The molecule has 0 aromatic rings. The molecule has 0 amide bonds. The maximum absolute atomic E-state index is 10.9. The smallest absolute Gasteiger partial charge is 0.305 e. The van der Waals surface area contributed by atoms with Gasteiger partial charge in [-0.15, -0.1) is 0 Å². The fraction of sp³-hybridized carbons (Fsp3) is 0.800. The second-order valence-electron chi connectivity index (χ2n) is 5.84. The molecule has 0 radical (unpaired) electrons. The standard InChI is InChI=1S/C15H25NO2/c1-18-15(17)7-5-3-2-4-6-13-12-8-11(9-12)10-14(13)16/h2,4,11-14H,3,5-10,16H2,1H3/b4-2-. The van der Waals surface area contributed by atoms with E-state index in [0.717, 1.165) is 31.1 Å². The van der Waals surface area contributed by atoms with Crippen molar-refractivity contribution < 1.29 is 9.53 Å². The van der Waals surface area contributed by atoms with Crippen LogP contribution in [0.15, 0.2) is 12.2 Å². The lowest BCUT2D eigenvalue weighted by Gasteiger charge is -2.50. The third-order valence-electron chi connectivity index (χ3n) is 4.59. The zero-order valence-electron chi connectivity index (χ0n) is 11.3. The molecule has 3 aliphatic rings. The van der Waals surface area contributed by atoms with Gasteiger partial charge in [0.25, 0.3) is 0 Å². The molecule has 3 saturated carbocycles.